The van der Waals surface area contributed by atoms with E-state index in [2.05, 4.69) is 64.1 Å². The highest BCUT2D eigenvalue weighted by molar-refractivity contribution is 8.00. The van der Waals surface area contributed by atoms with Crippen molar-refractivity contribution in [3.8, 4) is 0 Å². The number of hydrogen-bond donors (Lipinski definition) is 0. The van der Waals surface area contributed by atoms with Crippen LogP contribution >= 0.6 is 11.8 Å². The Kier molecular flexibility index (Phi) is 4.24. The number of benzene rings is 2. The lowest BCUT2D eigenvalue weighted by Crippen LogP contribution is -2.27. The highest BCUT2D eigenvalue weighted by atomic mass is 32.2. The second kappa shape index (κ2) is 6.04. The van der Waals surface area contributed by atoms with Gasteiger partial charge in [0.1, 0.15) is 5.37 Å². The molecule has 1 fully saturated rings. The molecule has 0 bridgehead atoms. The van der Waals surface area contributed by atoms with E-state index in [0.29, 0.717) is 5.75 Å². The molecule has 2 nitrogen and oxygen atoms in total. The standard InChI is InChI=1S/C20H23NOS/c1-14-5-11-17(12-6-14)21-18(22)13-23-19(21)15-7-9-16(10-8-15)20(2,3)4/h5-12,19H,13H2,1-4H3/t19-/m0/s1. The van der Waals surface area contributed by atoms with Crippen LogP contribution in [0.5, 0.6) is 0 Å². The number of anilines is 1. The van der Waals surface area contributed by atoms with E-state index in [9.17, 15) is 4.79 Å². The minimum atomic E-state index is 0.0687. The Morgan fingerprint density at radius 1 is 1.00 bits per heavy atom. The molecule has 2 aromatic carbocycles. The second-order valence-electron chi connectivity index (χ2n) is 7.13. The second-order valence-corrected chi connectivity index (χ2v) is 8.20. The Hall–Kier alpha value is -1.74. The summed E-state index contributed by atoms with van der Waals surface area (Å²) in [5, 5.41) is 0.0687. The van der Waals surface area contributed by atoms with Gasteiger partial charge in [0.15, 0.2) is 0 Å². The summed E-state index contributed by atoms with van der Waals surface area (Å²) in [5.41, 5.74) is 4.84. The molecule has 0 N–H and O–H groups in total. The molecule has 1 saturated heterocycles. The van der Waals surface area contributed by atoms with Crippen LogP contribution in [-0.2, 0) is 10.2 Å². The van der Waals surface area contributed by atoms with Crippen LogP contribution in [0.1, 0.15) is 42.8 Å². The first kappa shape index (κ1) is 16.1. The van der Waals surface area contributed by atoms with Crippen molar-refractivity contribution in [2.75, 3.05) is 10.7 Å². The van der Waals surface area contributed by atoms with Gasteiger partial charge in [-0.2, -0.15) is 0 Å². The normalized spacial score (nSPS) is 18.5. The lowest BCUT2D eigenvalue weighted by atomic mass is 9.86. The van der Waals surface area contributed by atoms with E-state index < -0.39 is 0 Å². The SMILES string of the molecule is Cc1ccc(N2C(=O)CS[C@H]2c2ccc(C(C)(C)C)cc2)cc1. The van der Waals surface area contributed by atoms with Gasteiger partial charge in [0.25, 0.3) is 0 Å². The molecule has 1 aliphatic heterocycles. The third kappa shape index (κ3) is 3.30. The molecule has 1 amide bonds. The average Bonchev–Trinajstić information content (AvgIpc) is 2.89. The predicted octanol–water partition coefficient (Wildman–Crippen LogP) is 5.07. The molecular formula is C20H23NOS. The molecule has 1 aliphatic rings. The summed E-state index contributed by atoms with van der Waals surface area (Å²) in [6, 6.07) is 16.9. The number of carbonyl (C=O) groups is 1. The van der Waals surface area contributed by atoms with Gasteiger partial charge < -0.3 is 0 Å². The Morgan fingerprint density at radius 2 is 1.61 bits per heavy atom. The summed E-state index contributed by atoms with van der Waals surface area (Å²) >= 11 is 1.70. The molecule has 0 unspecified atom stereocenters. The Labute approximate surface area is 142 Å². The summed E-state index contributed by atoms with van der Waals surface area (Å²) in [6.45, 7) is 8.71. The van der Waals surface area contributed by atoms with Crippen LogP contribution in [0.3, 0.4) is 0 Å². The van der Waals surface area contributed by atoms with Crippen LogP contribution in [0.2, 0.25) is 0 Å². The fourth-order valence-electron chi connectivity index (χ4n) is 2.80. The van der Waals surface area contributed by atoms with Gasteiger partial charge in [-0.3, -0.25) is 9.69 Å². The Bertz CT molecular complexity index is 698. The lowest BCUT2D eigenvalue weighted by Gasteiger charge is -2.25. The van der Waals surface area contributed by atoms with Crippen molar-refractivity contribution in [3.63, 3.8) is 0 Å². The third-order valence-corrected chi connectivity index (χ3v) is 5.45. The fourth-order valence-corrected chi connectivity index (χ4v) is 3.98. The van der Waals surface area contributed by atoms with E-state index in [4.69, 9.17) is 0 Å². The maximum Gasteiger partial charge on any atom is 0.238 e. The number of carbonyl (C=O) groups excluding carboxylic acids is 1. The summed E-state index contributed by atoms with van der Waals surface area (Å²) < 4.78 is 0. The summed E-state index contributed by atoms with van der Waals surface area (Å²) in [6.07, 6.45) is 0. The van der Waals surface area contributed by atoms with Gasteiger partial charge in [0, 0.05) is 5.69 Å². The molecule has 120 valence electrons. The zero-order valence-corrected chi connectivity index (χ0v) is 15.0. The van der Waals surface area contributed by atoms with Crippen LogP contribution < -0.4 is 4.90 Å². The van der Waals surface area contributed by atoms with Crippen molar-refractivity contribution in [1.29, 1.82) is 0 Å². The zero-order valence-electron chi connectivity index (χ0n) is 14.2. The minimum absolute atomic E-state index is 0.0687. The number of nitrogens with zero attached hydrogens (tertiary/aromatic N) is 1. The van der Waals surface area contributed by atoms with Crippen LogP contribution in [-0.4, -0.2) is 11.7 Å². The minimum Gasteiger partial charge on any atom is -0.295 e. The molecule has 3 heteroatoms. The summed E-state index contributed by atoms with van der Waals surface area (Å²) in [5.74, 6) is 0.725. The largest absolute Gasteiger partial charge is 0.295 e. The first-order valence-corrected chi connectivity index (χ1v) is 9.02. The third-order valence-electron chi connectivity index (χ3n) is 4.24. The first-order chi connectivity index (χ1) is 10.9. The number of thioether (sulfide) groups is 1. The van der Waals surface area contributed by atoms with Crippen molar-refractivity contribution in [2.24, 2.45) is 0 Å². The molecule has 23 heavy (non-hydrogen) atoms. The van der Waals surface area contributed by atoms with Crippen LogP contribution in [0.15, 0.2) is 48.5 Å². The smallest absolute Gasteiger partial charge is 0.238 e. The van der Waals surface area contributed by atoms with Gasteiger partial charge in [-0.05, 0) is 35.6 Å². The number of amides is 1. The molecule has 0 spiro atoms. The number of hydrogen-bond acceptors (Lipinski definition) is 2. The van der Waals surface area contributed by atoms with E-state index in [0.717, 1.165) is 5.69 Å². The fraction of sp³-hybridized carbons (Fsp3) is 0.350. The van der Waals surface area contributed by atoms with Gasteiger partial charge in [-0.15, -0.1) is 11.8 Å². The molecule has 3 rings (SSSR count). The molecule has 0 aliphatic carbocycles. The van der Waals surface area contributed by atoms with Crippen molar-refractivity contribution < 1.29 is 4.79 Å². The average molecular weight is 325 g/mol. The molecule has 1 atom stereocenters. The highest BCUT2D eigenvalue weighted by Gasteiger charge is 2.34. The molecule has 0 aromatic heterocycles. The van der Waals surface area contributed by atoms with Crippen molar-refractivity contribution in [2.45, 2.75) is 38.5 Å². The zero-order chi connectivity index (χ0) is 16.6. The molecule has 1 heterocycles. The topological polar surface area (TPSA) is 20.3 Å². The lowest BCUT2D eigenvalue weighted by molar-refractivity contribution is -0.115. The monoisotopic (exact) mass is 325 g/mol. The van der Waals surface area contributed by atoms with Crippen LogP contribution in [0, 0.1) is 6.92 Å². The maximum atomic E-state index is 12.4. The number of rotatable bonds is 2. The van der Waals surface area contributed by atoms with Crippen molar-refractivity contribution in [3.05, 3.63) is 65.2 Å². The van der Waals surface area contributed by atoms with Gasteiger partial charge in [0.05, 0.1) is 5.75 Å². The van der Waals surface area contributed by atoms with Crippen LogP contribution in [0.25, 0.3) is 0 Å². The Morgan fingerprint density at radius 3 is 2.17 bits per heavy atom. The molecular weight excluding hydrogens is 302 g/mol. The van der Waals surface area contributed by atoms with E-state index in [1.807, 2.05) is 17.0 Å². The van der Waals surface area contributed by atoms with E-state index in [-0.39, 0.29) is 16.7 Å². The van der Waals surface area contributed by atoms with E-state index >= 15 is 0 Å². The summed E-state index contributed by atoms with van der Waals surface area (Å²) in [7, 11) is 0. The number of aryl methyl sites for hydroxylation is 1. The Balaban J connectivity index is 1.91. The van der Waals surface area contributed by atoms with Gasteiger partial charge in [-0.1, -0.05) is 62.7 Å². The predicted molar refractivity (Wildman–Crippen MR) is 99.0 cm³/mol. The van der Waals surface area contributed by atoms with Gasteiger partial charge in [-0.25, -0.2) is 0 Å². The first-order valence-electron chi connectivity index (χ1n) is 7.97. The van der Waals surface area contributed by atoms with Crippen LogP contribution in [0.4, 0.5) is 5.69 Å². The molecule has 0 radical (unpaired) electrons. The van der Waals surface area contributed by atoms with Crippen molar-refractivity contribution in [1.82, 2.24) is 0 Å². The van der Waals surface area contributed by atoms with Gasteiger partial charge in [0.2, 0.25) is 5.91 Å². The maximum absolute atomic E-state index is 12.4. The highest BCUT2D eigenvalue weighted by Crippen LogP contribution is 2.42. The van der Waals surface area contributed by atoms with Gasteiger partial charge >= 0.3 is 0 Å². The van der Waals surface area contributed by atoms with E-state index in [1.165, 1.54) is 16.7 Å². The molecule has 0 saturated carbocycles. The quantitative estimate of drug-likeness (QED) is 0.768. The van der Waals surface area contributed by atoms with Crippen molar-refractivity contribution >= 4 is 23.4 Å². The molecule has 2 aromatic rings. The van der Waals surface area contributed by atoms with E-state index in [1.54, 1.807) is 11.8 Å². The summed E-state index contributed by atoms with van der Waals surface area (Å²) in [4.78, 5) is 14.3.